The summed E-state index contributed by atoms with van der Waals surface area (Å²) in [6.07, 6.45) is 0.115. The van der Waals surface area contributed by atoms with Crippen LogP contribution in [0.25, 0.3) is 0 Å². The largest absolute Gasteiger partial charge is 0.508 e. The van der Waals surface area contributed by atoms with Gasteiger partial charge >= 0.3 is 0 Å². The lowest BCUT2D eigenvalue weighted by Gasteiger charge is -2.10. The number of carbonyl (C=O) groups is 1. The predicted octanol–water partition coefficient (Wildman–Crippen LogP) is 0.576. The van der Waals surface area contributed by atoms with Crippen molar-refractivity contribution in [3.05, 3.63) is 29.3 Å². The Balaban J connectivity index is 2.85. The standard InChI is InChI=1S/C10H14N2O2/c1-6-4-7(2-3-9(6)13)8(11)5-10(12)14/h2-4,8,13H,5,11H2,1H3,(H2,12,14). The molecule has 0 aliphatic carbocycles. The van der Waals surface area contributed by atoms with Crippen molar-refractivity contribution in [2.45, 2.75) is 19.4 Å². The number of primary amides is 1. The van der Waals surface area contributed by atoms with Crippen LogP contribution in [-0.4, -0.2) is 11.0 Å². The maximum Gasteiger partial charge on any atom is 0.219 e. The molecule has 0 heterocycles. The zero-order valence-corrected chi connectivity index (χ0v) is 8.03. The minimum atomic E-state index is -0.428. The highest BCUT2D eigenvalue weighted by atomic mass is 16.3. The van der Waals surface area contributed by atoms with Gasteiger partial charge in [0.2, 0.25) is 5.91 Å². The van der Waals surface area contributed by atoms with Crippen molar-refractivity contribution in [1.29, 1.82) is 0 Å². The third kappa shape index (κ3) is 2.47. The van der Waals surface area contributed by atoms with E-state index in [0.29, 0.717) is 0 Å². The first-order valence-corrected chi connectivity index (χ1v) is 4.34. The van der Waals surface area contributed by atoms with Gasteiger partial charge in [-0.15, -0.1) is 0 Å². The maximum atomic E-state index is 10.6. The Morgan fingerprint density at radius 2 is 2.21 bits per heavy atom. The zero-order chi connectivity index (χ0) is 10.7. The fourth-order valence-corrected chi connectivity index (χ4v) is 1.24. The van der Waals surface area contributed by atoms with E-state index in [2.05, 4.69) is 0 Å². The third-order valence-corrected chi connectivity index (χ3v) is 2.07. The summed E-state index contributed by atoms with van der Waals surface area (Å²) in [6.45, 7) is 1.77. The molecule has 0 radical (unpaired) electrons. The van der Waals surface area contributed by atoms with Gasteiger partial charge in [-0.3, -0.25) is 4.79 Å². The summed E-state index contributed by atoms with van der Waals surface area (Å²) in [6, 6.07) is 4.61. The van der Waals surface area contributed by atoms with Crippen molar-refractivity contribution >= 4 is 5.91 Å². The molecule has 0 saturated heterocycles. The van der Waals surface area contributed by atoms with Crippen molar-refractivity contribution in [2.24, 2.45) is 11.5 Å². The molecule has 1 amide bonds. The van der Waals surface area contributed by atoms with E-state index < -0.39 is 11.9 Å². The highest BCUT2D eigenvalue weighted by Gasteiger charge is 2.10. The molecule has 0 aliphatic heterocycles. The highest BCUT2D eigenvalue weighted by molar-refractivity contribution is 5.74. The van der Waals surface area contributed by atoms with Crippen molar-refractivity contribution in [3.63, 3.8) is 0 Å². The molecule has 1 atom stereocenters. The van der Waals surface area contributed by atoms with E-state index in [4.69, 9.17) is 11.5 Å². The van der Waals surface area contributed by atoms with Crippen molar-refractivity contribution in [2.75, 3.05) is 0 Å². The van der Waals surface area contributed by atoms with Gasteiger partial charge in [0.25, 0.3) is 0 Å². The molecule has 1 unspecified atom stereocenters. The monoisotopic (exact) mass is 194 g/mol. The normalized spacial score (nSPS) is 12.4. The number of aryl methyl sites for hydroxylation is 1. The summed E-state index contributed by atoms with van der Waals surface area (Å²) < 4.78 is 0. The summed E-state index contributed by atoms with van der Waals surface area (Å²) in [4.78, 5) is 10.6. The van der Waals surface area contributed by atoms with Crippen LogP contribution in [-0.2, 0) is 4.79 Å². The molecule has 4 nitrogen and oxygen atoms in total. The van der Waals surface area contributed by atoms with Crippen LogP contribution in [0.5, 0.6) is 5.75 Å². The average Bonchev–Trinajstić information content (AvgIpc) is 2.08. The van der Waals surface area contributed by atoms with Gasteiger partial charge < -0.3 is 16.6 Å². The summed E-state index contributed by atoms with van der Waals surface area (Å²) in [5, 5.41) is 9.27. The van der Waals surface area contributed by atoms with Crippen LogP contribution < -0.4 is 11.5 Å². The number of benzene rings is 1. The number of amides is 1. The predicted molar refractivity (Wildman–Crippen MR) is 53.6 cm³/mol. The smallest absolute Gasteiger partial charge is 0.219 e. The van der Waals surface area contributed by atoms with Crippen LogP contribution in [0.3, 0.4) is 0 Å². The van der Waals surface area contributed by atoms with E-state index >= 15 is 0 Å². The molecular formula is C10H14N2O2. The lowest BCUT2D eigenvalue weighted by atomic mass is 10.0. The quantitative estimate of drug-likeness (QED) is 0.657. The van der Waals surface area contributed by atoms with Gasteiger partial charge in [0.15, 0.2) is 0 Å². The SMILES string of the molecule is Cc1cc(C(N)CC(N)=O)ccc1O. The van der Waals surface area contributed by atoms with Crippen molar-refractivity contribution in [3.8, 4) is 5.75 Å². The lowest BCUT2D eigenvalue weighted by molar-refractivity contribution is -0.118. The van der Waals surface area contributed by atoms with E-state index in [0.717, 1.165) is 11.1 Å². The molecule has 1 rings (SSSR count). The fourth-order valence-electron chi connectivity index (χ4n) is 1.24. The van der Waals surface area contributed by atoms with Gasteiger partial charge in [-0.1, -0.05) is 12.1 Å². The molecule has 4 heteroatoms. The van der Waals surface area contributed by atoms with E-state index in [1.807, 2.05) is 0 Å². The van der Waals surface area contributed by atoms with Gasteiger partial charge in [0.1, 0.15) is 5.75 Å². The van der Waals surface area contributed by atoms with E-state index in [9.17, 15) is 9.90 Å². The number of phenols is 1. The van der Waals surface area contributed by atoms with Crippen LogP contribution in [0.2, 0.25) is 0 Å². The van der Waals surface area contributed by atoms with E-state index in [-0.39, 0.29) is 12.2 Å². The zero-order valence-electron chi connectivity index (χ0n) is 8.03. The lowest BCUT2D eigenvalue weighted by Crippen LogP contribution is -2.20. The van der Waals surface area contributed by atoms with Crippen LogP contribution in [0.1, 0.15) is 23.6 Å². The van der Waals surface area contributed by atoms with E-state index in [1.54, 1.807) is 25.1 Å². The molecule has 0 bridgehead atoms. The number of rotatable bonds is 3. The molecule has 0 saturated carbocycles. The first-order chi connectivity index (χ1) is 6.50. The minimum absolute atomic E-state index is 0.115. The van der Waals surface area contributed by atoms with E-state index in [1.165, 1.54) is 0 Å². The second kappa shape index (κ2) is 4.11. The Hall–Kier alpha value is -1.55. The molecule has 1 aromatic carbocycles. The van der Waals surface area contributed by atoms with Gasteiger partial charge in [-0.25, -0.2) is 0 Å². The first-order valence-electron chi connectivity index (χ1n) is 4.34. The number of nitrogens with two attached hydrogens (primary N) is 2. The van der Waals surface area contributed by atoms with Crippen molar-refractivity contribution in [1.82, 2.24) is 0 Å². The summed E-state index contributed by atoms with van der Waals surface area (Å²) >= 11 is 0. The minimum Gasteiger partial charge on any atom is -0.508 e. The maximum absolute atomic E-state index is 10.6. The molecule has 0 fully saturated rings. The van der Waals surface area contributed by atoms with Crippen LogP contribution in [0.4, 0.5) is 0 Å². The van der Waals surface area contributed by atoms with Crippen LogP contribution in [0.15, 0.2) is 18.2 Å². The Morgan fingerprint density at radius 3 is 2.71 bits per heavy atom. The number of carbonyl (C=O) groups excluding carboxylic acids is 1. The first kappa shape index (κ1) is 10.5. The van der Waals surface area contributed by atoms with Gasteiger partial charge in [0, 0.05) is 12.5 Å². The van der Waals surface area contributed by atoms with Gasteiger partial charge in [-0.05, 0) is 24.1 Å². The second-order valence-corrected chi connectivity index (χ2v) is 3.32. The van der Waals surface area contributed by atoms with Crippen molar-refractivity contribution < 1.29 is 9.90 Å². The number of hydrogen-bond acceptors (Lipinski definition) is 3. The molecule has 0 aromatic heterocycles. The average molecular weight is 194 g/mol. The highest BCUT2D eigenvalue weighted by Crippen LogP contribution is 2.21. The van der Waals surface area contributed by atoms with Gasteiger partial charge in [-0.2, -0.15) is 0 Å². The molecule has 0 spiro atoms. The van der Waals surface area contributed by atoms with Crippen LogP contribution >= 0.6 is 0 Å². The van der Waals surface area contributed by atoms with Crippen LogP contribution in [0, 0.1) is 6.92 Å². The number of hydrogen-bond donors (Lipinski definition) is 3. The number of phenolic OH excluding ortho intramolecular Hbond substituents is 1. The number of aromatic hydroxyl groups is 1. The molecule has 1 aromatic rings. The summed E-state index contributed by atoms with van der Waals surface area (Å²) in [5.41, 5.74) is 12.3. The Kier molecular flexibility index (Phi) is 3.09. The Bertz CT molecular complexity index is 350. The summed E-state index contributed by atoms with van der Waals surface area (Å²) in [5.74, 6) is -0.205. The topological polar surface area (TPSA) is 89.3 Å². The molecule has 0 aliphatic rings. The third-order valence-electron chi connectivity index (χ3n) is 2.07. The molecule has 14 heavy (non-hydrogen) atoms. The molecule has 5 N–H and O–H groups in total. The molecule has 76 valence electrons. The molecular weight excluding hydrogens is 180 g/mol. The fraction of sp³-hybridized carbons (Fsp3) is 0.300. The summed E-state index contributed by atoms with van der Waals surface area (Å²) in [7, 11) is 0. The Labute approximate surface area is 82.5 Å². The second-order valence-electron chi connectivity index (χ2n) is 3.32. The Morgan fingerprint density at radius 1 is 1.57 bits per heavy atom. The van der Waals surface area contributed by atoms with Gasteiger partial charge in [0.05, 0.1) is 0 Å².